The molecule has 3 nitrogen and oxygen atoms in total. The smallest absolute Gasteiger partial charge is 0.310 e. The lowest BCUT2D eigenvalue weighted by Crippen LogP contribution is -2.27. The molecular weight excluding hydrogens is 190 g/mol. The first-order valence-electron chi connectivity index (χ1n) is 5.84. The zero-order valence-corrected chi connectivity index (χ0v) is 10.5. The molecule has 90 valence electrons. The molecule has 1 atom stereocenters. The molecule has 0 radical (unpaired) electrons. The van der Waals surface area contributed by atoms with Crippen LogP contribution in [-0.4, -0.2) is 19.1 Å². The highest BCUT2D eigenvalue weighted by Crippen LogP contribution is 2.12. The van der Waals surface area contributed by atoms with Gasteiger partial charge in [-0.1, -0.05) is 27.7 Å². The van der Waals surface area contributed by atoms with Crippen molar-refractivity contribution in [3.63, 3.8) is 0 Å². The average Bonchev–Trinajstić information content (AvgIpc) is 2.13. The van der Waals surface area contributed by atoms with E-state index in [0.717, 1.165) is 12.8 Å². The molecule has 0 aliphatic carbocycles. The van der Waals surface area contributed by atoms with E-state index in [1.807, 2.05) is 0 Å². The summed E-state index contributed by atoms with van der Waals surface area (Å²) in [5.41, 5.74) is 5.55. The van der Waals surface area contributed by atoms with Crippen molar-refractivity contribution in [2.45, 2.75) is 40.5 Å². The van der Waals surface area contributed by atoms with Crippen LogP contribution in [0.25, 0.3) is 0 Å². The summed E-state index contributed by atoms with van der Waals surface area (Å²) in [4.78, 5) is 11.6. The van der Waals surface area contributed by atoms with Crippen LogP contribution in [0.15, 0.2) is 0 Å². The topological polar surface area (TPSA) is 52.3 Å². The molecule has 3 heteroatoms. The van der Waals surface area contributed by atoms with Crippen LogP contribution in [0.1, 0.15) is 40.5 Å². The first-order valence-corrected chi connectivity index (χ1v) is 5.84. The van der Waals surface area contributed by atoms with E-state index in [4.69, 9.17) is 10.5 Å². The van der Waals surface area contributed by atoms with Gasteiger partial charge in [-0.25, -0.2) is 0 Å². The Morgan fingerprint density at radius 3 is 2.20 bits per heavy atom. The normalized spacial score (nSPS) is 13.3. The molecule has 0 saturated carbocycles. The molecule has 2 N–H and O–H groups in total. The van der Waals surface area contributed by atoms with Gasteiger partial charge in [-0.15, -0.1) is 0 Å². The molecule has 15 heavy (non-hydrogen) atoms. The van der Waals surface area contributed by atoms with Crippen LogP contribution in [0.5, 0.6) is 0 Å². The van der Waals surface area contributed by atoms with Gasteiger partial charge in [-0.3, -0.25) is 4.79 Å². The molecule has 0 fully saturated rings. The van der Waals surface area contributed by atoms with Crippen molar-refractivity contribution in [3.8, 4) is 0 Å². The fourth-order valence-corrected chi connectivity index (χ4v) is 1.37. The van der Waals surface area contributed by atoms with E-state index in [-0.39, 0.29) is 11.9 Å². The van der Waals surface area contributed by atoms with Crippen LogP contribution in [0, 0.1) is 17.8 Å². The van der Waals surface area contributed by atoms with Gasteiger partial charge in [0.15, 0.2) is 0 Å². The SMILES string of the molecule is CC(C)CCOC(=O)C(CN)CC(C)C. The Hall–Kier alpha value is -0.570. The predicted molar refractivity (Wildman–Crippen MR) is 62.4 cm³/mol. The second-order valence-corrected chi connectivity index (χ2v) is 4.91. The largest absolute Gasteiger partial charge is 0.465 e. The lowest BCUT2D eigenvalue weighted by Gasteiger charge is -2.16. The molecule has 0 aliphatic heterocycles. The molecule has 0 aliphatic rings. The van der Waals surface area contributed by atoms with Gasteiger partial charge in [0.2, 0.25) is 0 Å². The third kappa shape index (κ3) is 7.37. The Labute approximate surface area is 93.4 Å². The second kappa shape index (κ2) is 7.69. The van der Waals surface area contributed by atoms with E-state index in [1.165, 1.54) is 0 Å². The molecule has 0 saturated heterocycles. The van der Waals surface area contributed by atoms with Gasteiger partial charge in [0.25, 0.3) is 0 Å². The monoisotopic (exact) mass is 215 g/mol. The van der Waals surface area contributed by atoms with Crippen LogP contribution in [0.4, 0.5) is 0 Å². The number of carbonyl (C=O) groups is 1. The number of hydrogen-bond donors (Lipinski definition) is 1. The Bertz CT molecular complexity index is 178. The van der Waals surface area contributed by atoms with Gasteiger partial charge in [0.05, 0.1) is 12.5 Å². The fraction of sp³-hybridized carbons (Fsp3) is 0.917. The number of ether oxygens (including phenoxy) is 1. The van der Waals surface area contributed by atoms with Crippen LogP contribution < -0.4 is 5.73 Å². The maximum atomic E-state index is 11.6. The average molecular weight is 215 g/mol. The minimum atomic E-state index is -0.133. The summed E-state index contributed by atoms with van der Waals surface area (Å²) in [7, 11) is 0. The van der Waals surface area contributed by atoms with E-state index in [1.54, 1.807) is 0 Å². The molecule has 0 aromatic carbocycles. The summed E-state index contributed by atoms with van der Waals surface area (Å²) in [6.45, 7) is 9.31. The number of rotatable bonds is 7. The van der Waals surface area contributed by atoms with E-state index < -0.39 is 0 Å². The maximum absolute atomic E-state index is 11.6. The molecule has 0 aromatic rings. The predicted octanol–water partition coefficient (Wildman–Crippen LogP) is 2.20. The van der Waals surface area contributed by atoms with Gasteiger partial charge in [0, 0.05) is 6.54 Å². The van der Waals surface area contributed by atoms with Gasteiger partial charge in [-0.2, -0.15) is 0 Å². The fourth-order valence-electron chi connectivity index (χ4n) is 1.37. The molecular formula is C12H25NO2. The molecule has 0 aromatic heterocycles. The summed E-state index contributed by atoms with van der Waals surface area (Å²) in [5.74, 6) is 0.791. The minimum Gasteiger partial charge on any atom is -0.465 e. The Morgan fingerprint density at radius 2 is 1.80 bits per heavy atom. The van der Waals surface area contributed by atoms with Crippen molar-refractivity contribution < 1.29 is 9.53 Å². The minimum absolute atomic E-state index is 0.128. The standard InChI is InChI=1S/C12H25NO2/c1-9(2)5-6-15-12(14)11(8-13)7-10(3)4/h9-11H,5-8,13H2,1-4H3. The summed E-state index contributed by atoms with van der Waals surface area (Å²) >= 11 is 0. The van der Waals surface area contributed by atoms with Crippen molar-refractivity contribution in [1.29, 1.82) is 0 Å². The lowest BCUT2D eigenvalue weighted by molar-refractivity contribution is -0.149. The van der Waals surface area contributed by atoms with Crippen molar-refractivity contribution in [3.05, 3.63) is 0 Å². The van der Waals surface area contributed by atoms with E-state index in [9.17, 15) is 4.79 Å². The molecule has 0 heterocycles. The molecule has 0 bridgehead atoms. The van der Waals surface area contributed by atoms with Crippen LogP contribution in [0.3, 0.4) is 0 Å². The number of carbonyl (C=O) groups excluding carboxylic acids is 1. The van der Waals surface area contributed by atoms with Crippen molar-refractivity contribution >= 4 is 5.97 Å². The first-order chi connectivity index (χ1) is 6.97. The number of nitrogens with two attached hydrogens (primary N) is 1. The zero-order valence-electron chi connectivity index (χ0n) is 10.5. The highest BCUT2D eigenvalue weighted by Gasteiger charge is 2.19. The number of esters is 1. The Balaban J connectivity index is 3.83. The Kier molecular flexibility index (Phi) is 7.39. The Morgan fingerprint density at radius 1 is 1.20 bits per heavy atom. The van der Waals surface area contributed by atoms with Gasteiger partial charge >= 0.3 is 5.97 Å². The zero-order chi connectivity index (χ0) is 11.8. The summed E-state index contributed by atoms with van der Waals surface area (Å²) < 4.78 is 5.19. The van der Waals surface area contributed by atoms with Crippen LogP contribution in [-0.2, 0) is 9.53 Å². The van der Waals surface area contributed by atoms with Crippen LogP contribution in [0.2, 0.25) is 0 Å². The highest BCUT2D eigenvalue weighted by atomic mass is 16.5. The van der Waals surface area contributed by atoms with Crippen molar-refractivity contribution in [1.82, 2.24) is 0 Å². The van der Waals surface area contributed by atoms with Gasteiger partial charge in [-0.05, 0) is 24.7 Å². The van der Waals surface area contributed by atoms with E-state index >= 15 is 0 Å². The summed E-state index contributed by atoms with van der Waals surface area (Å²) in [6, 6.07) is 0. The van der Waals surface area contributed by atoms with Gasteiger partial charge < -0.3 is 10.5 Å². The van der Waals surface area contributed by atoms with Gasteiger partial charge in [0.1, 0.15) is 0 Å². The number of hydrogen-bond acceptors (Lipinski definition) is 3. The summed E-state index contributed by atoms with van der Waals surface area (Å²) in [6.07, 6.45) is 1.74. The van der Waals surface area contributed by atoms with Crippen molar-refractivity contribution in [2.75, 3.05) is 13.2 Å². The molecule has 0 rings (SSSR count). The maximum Gasteiger partial charge on any atom is 0.310 e. The third-order valence-corrected chi connectivity index (χ3v) is 2.31. The second-order valence-electron chi connectivity index (χ2n) is 4.91. The summed E-state index contributed by atoms with van der Waals surface area (Å²) in [5, 5.41) is 0. The first kappa shape index (κ1) is 14.4. The van der Waals surface area contributed by atoms with Crippen LogP contribution >= 0.6 is 0 Å². The quantitative estimate of drug-likeness (QED) is 0.662. The molecule has 0 spiro atoms. The van der Waals surface area contributed by atoms with E-state index in [0.29, 0.717) is 25.0 Å². The molecule has 1 unspecified atom stereocenters. The third-order valence-electron chi connectivity index (χ3n) is 2.31. The lowest BCUT2D eigenvalue weighted by atomic mass is 9.97. The highest BCUT2D eigenvalue weighted by molar-refractivity contribution is 5.72. The van der Waals surface area contributed by atoms with Crippen molar-refractivity contribution in [2.24, 2.45) is 23.5 Å². The molecule has 0 amide bonds. The van der Waals surface area contributed by atoms with E-state index in [2.05, 4.69) is 27.7 Å².